The molecule has 0 radical (unpaired) electrons. The molecule has 2 heteroatoms. The summed E-state index contributed by atoms with van der Waals surface area (Å²) in [5.74, 6) is 0. The summed E-state index contributed by atoms with van der Waals surface area (Å²) in [5.41, 5.74) is 0. The van der Waals surface area contributed by atoms with Crippen LogP contribution in [0.2, 0.25) is 0 Å². The Labute approximate surface area is 272 Å². The summed E-state index contributed by atoms with van der Waals surface area (Å²) >= 11 is -7.77. The van der Waals surface area contributed by atoms with E-state index in [2.05, 4.69) is 190 Å². The van der Waals surface area contributed by atoms with Crippen LogP contribution in [-0.4, -0.2) is 28.1 Å². The standard InChI is InChI=1S/4C10H7.C4H4.2Sb/c4*1-2-6-10-8-4-3-7-9(10)5-1;1-3-4-2;;/h4*1-7H;1-4H;;. The van der Waals surface area contributed by atoms with Crippen molar-refractivity contribution in [2.75, 3.05) is 0 Å². The van der Waals surface area contributed by atoms with E-state index in [1.165, 1.54) is 43.1 Å². The van der Waals surface area contributed by atoms with Crippen molar-refractivity contribution >= 4 is 85.2 Å². The molecule has 0 aromatic heterocycles. The van der Waals surface area contributed by atoms with Crippen LogP contribution in [-0.2, 0) is 0 Å². The summed E-state index contributed by atoms with van der Waals surface area (Å²) in [4.78, 5) is 0. The minimum absolute atomic E-state index is 1.32. The third kappa shape index (κ3) is 4.07. The van der Waals surface area contributed by atoms with Gasteiger partial charge in [0.15, 0.2) is 0 Å². The monoisotopic (exact) mass is 802 g/mol. The average molecular weight is 804 g/mol. The van der Waals surface area contributed by atoms with E-state index in [1.54, 1.807) is 14.0 Å². The Morgan fingerprint density at radius 3 is 0.761 bits per heavy atom. The Morgan fingerprint density at radius 1 is 0.239 bits per heavy atom. The Hall–Kier alpha value is -4.08. The number of rotatable bonds is 4. The van der Waals surface area contributed by atoms with Crippen LogP contribution in [0.4, 0.5) is 0 Å². The topological polar surface area (TPSA) is 0 Å². The van der Waals surface area contributed by atoms with Gasteiger partial charge < -0.3 is 0 Å². The number of allylic oxidation sites excluding steroid dienone is 2. The zero-order valence-electron chi connectivity index (χ0n) is 25.4. The van der Waals surface area contributed by atoms with E-state index in [0.717, 1.165) is 0 Å². The van der Waals surface area contributed by atoms with Gasteiger partial charge in [-0.15, -0.1) is 0 Å². The van der Waals surface area contributed by atoms with Crippen LogP contribution in [0.25, 0.3) is 43.1 Å². The Balaban J connectivity index is 1.69. The summed E-state index contributed by atoms with van der Waals surface area (Å²) in [6.45, 7) is 0. The summed E-state index contributed by atoms with van der Waals surface area (Å²) in [6.07, 6.45) is 4.83. The normalized spacial score (nSPS) is 15.1. The maximum atomic E-state index is 2.79. The van der Waals surface area contributed by atoms with Gasteiger partial charge in [0.05, 0.1) is 0 Å². The van der Waals surface area contributed by atoms with Crippen LogP contribution in [0, 0.1) is 0 Å². The summed E-state index contributed by atoms with van der Waals surface area (Å²) in [5, 5.41) is 10.9. The quantitative estimate of drug-likeness (QED) is 0.157. The molecule has 8 aromatic rings. The van der Waals surface area contributed by atoms with E-state index in [1.807, 2.05) is 0 Å². The zero-order chi connectivity index (χ0) is 30.6. The van der Waals surface area contributed by atoms with E-state index in [0.29, 0.717) is 0 Å². The molecule has 9 rings (SSSR count). The molecule has 8 aromatic carbocycles. The molecule has 0 saturated carbocycles. The Morgan fingerprint density at radius 2 is 0.478 bits per heavy atom. The second-order valence-corrected chi connectivity index (χ2v) is 51.2. The predicted octanol–water partition coefficient (Wildman–Crippen LogP) is 8.41. The zero-order valence-corrected chi connectivity index (χ0v) is 30.5. The minimum atomic E-state index is -3.88. The van der Waals surface area contributed by atoms with Crippen molar-refractivity contribution in [2.24, 2.45) is 0 Å². The van der Waals surface area contributed by atoms with E-state index >= 15 is 0 Å². The van der Waals surface area contributed by atoms with Gasteiger partial charge in [0.1, 0.15) is 0 Å². The molecule has 0 aliphatic carbocycles. The average Bonchev–Trinajstić information content (AvgIpc) is 3.14. The van der Waals surface area contributed by atoms with Crippen molar-refractivity contribution in [1.82, 2.24) is 0 Å². The Kier molecular flexibility index (Phi) is 6.93. The fraction of sp³-hybridized carbons (Fsp3) is 0. The molecule has 0 nitrogen and oxygen atoms in total. The van der Waals surface area contributed by atoms with Crippen molar-refractivity contribution < 1.29 is 0 Å². The van der Waals surface area contributed by atoms with Gasteiger partial charge in [-0.1, -0.05) is 0 Å². The molecular formula is C44H32Sb2. The molecule has 0 amide bonds. The fourth-order valence-electron chi connectivity index (χ4n) is 7.84. The third-order valence-electron chi connectivity index (χ3n) is 9.75. The molecule has 0 saturated heterocycles. The molecule has 0 spiro atoms. The van der Waals surface area contributed by atoms with Crippen LogP contribution in [0.15, 0.2) is 190 Å². The van der Waals surface area contributed by atoms with Crippen LogP contribution in [0.5, 0.6) is 0 Å². The molecule has 46 heavy (non-hydrogen) atoms. The number of hydrogen-bond acceptors (Lipinski definition) is 0. The first-order chi connectivity index (χ1) is 22.8. The molecule has 218 valence electrons. The van der Waals surface area contributed by atoms with E-state index < -0.39 is 28.1 Å². The van der Waals surface area contributed by atoms with Gasteiger partial charge in [-0.2, -0.15) is 0 Å². The summed E-state index contributed by atoms with van der Waals surface area (Å²) in [7, 11) is 0. The molecule has 0 bridgehead atoms. The number of fused-ring (bicyclic) bond motifs is 4. The fourth-order valence-corrected chi connectivity index (χ4v) is 78.7. The van der Waals surface area contributed by atoms with Crippen molar-refractivity contribution in [2.45, 2.75) is 0 Å². The Bertz CT molecular complexity index is 2250. The third-order valence-corrected chi connectivity index (χ3v) is 69.5. The van der Waals surface area contributed by atoms with Crippen molar-refractivity contribution in [1.29, 1.82) is 0 Å². The molecule has 1 heterocycles. The van der Waals surface area contributed by atoms with Gasteiger partial charge in [0, 0.05) is 0 Å². The van der Waals surface area contributed by atoms with Crippen LogP contribution < -0.4 is 14.0 Å². The molecular weight excluding hydrogens is 772 g/mol. The molecule has 0 fully saturated rings. The van der Waals surface area contributed by atoms with Crippen molar-refractivity contribution in [3.8, 4) is 0 Å². The summed E-state index contributed by atoms with van der Waals surface area (Å²) < 4.78 is 11.9. The molecule has 0 unspecified atom stereocenters. The summed E-state index contributed by atoms with van der Waals surface area (Å²) in [6, 6.07) is 65.0. The first kappa shape index (κ1) is 28.2. The number of hydrogen-bond donors (Lipinski definition) is 0. The van der Waals surface area contributed by atoms with Crippen molar-refractivity contribution in [3.63, 3.8) is 0 Å². The molecule has 0 N–H and O–H groups in total. The molecule has 1 aliphatic rings. The van der Waals surface area contributed by atoms with Crippen LogP contribution in [0.1, 0.15) is 0 Å². The van der Waals surface area contributed by atoms with Gasteiger partial charge >= 0.3 is 275 Å². The van der Waals surface area contributed by atoms with E-state index in [4.69, 9.17) is 0 Å². The SMILES string of the molecule is C1=[CH][Sb]([c]2cccc3ccccc23)([c]2cccc3ccccc23)=[Sb]([c]2cccc3ccccc23)([c]2cccc3ccccc23)[CH]=C1. The second kappa shape index (κ2) is 11.3. The van der Waals surface area contributed by atoms with Gasteiger partial charge in [-0.05, 0) is 0 Å². The van der Waals surface area contributed by atoms with Gasteiger partial charge in [-0.3, -0.25) is 0 Å². The number of benzene rings is 8. The predicted molar refractivity (Wildman–Crippen MR) is 204 cm³/mol. The van der Waals surface area contributed by atoms with Crippen LogP contribution >= 0.6 is 0 Å². The van der Waals surface area contributed by atoms with E-state index in [9.17, 15) is 0 Å². The van der Waals surface area contributed by atoms with Gasteiger partial charge in [0.25, 0.3) is 0 Å². The first-order valence-corrected chi connectivity index (χ1v) is 32.7. The first-order valence-electron chi connectivity index (χ1n) is 15.9. The maximum absolute atomic E-state index is 3.88. The van der Waals surface area contributed by atoms with E-state index in [-0.39, 0.29) is 0 Å². The van der Waals surface area contributed by atoms with Crippen LogP contribution in [0.3, 0.4) is 0 Å². The molecule has 1 aliphatic heterocycles. The second-order valence-electron chi connectivity index (χ2n) is 12.0. The molecule has 0 atom stereocenters. The van der Waals surface area contributed by atoms with Gasteiger partial charge in [-0.25, -0.2) is 0 Å². The van der Waals surface area contributed by atoms with Gasteiger partial charge in [0.2, 0.25) is 0 Å². The van der Waals surface area contributed by atoms with Crippen molar-refractivity contribution in [3.05, 3.63) is 190 Å².